The molecule has 0 aliphatic heterocycles. The molecule has 1 heterocycles. The summed E-state index contributed by atoms with van der Waals surface area (Å²) in [4.78, 5) is 14.3. The van der Waals surface area contributed by atoms with Crippen LogP contribution in [0.4, 0.5) is 5.69 Å². The minimum Gasteiger partial charge on any atom is -0.324 e. The standard InChI is InChI=1S/C18H18N2OS/c1-20(11-14-9-10-22-13-14)12-18(21)19-17-8-4-6-15-5-2-3-7-16(15)17/h2-10,13H,11-12H2,1H3,(H,19,21). The van der Waals surface area contributed by atoms with Crippen LogP contribution in [0.2, 0.25) is 0 Å². The third-order valence-corrected chi connectivity index (χ3v) is 4.24. The molecule has 1 N–H and O–H groups in total. The molecular formula is C18H18N2OS. The lowest BCUT2D eigenvalue weighted by Crippen LogP contribution is -2.29. The van der Waals surface area contributed by atoms with Crippen LogP contribution < -0.4 is 5.32 Å². The van der Waals surface area contributed by atoms with E-state index in [4.69, 9.17) is 0 Å². The van der Waals surface area contributed by atoms with Crippen molar-refractivity contribution in [2.24, 2.45) is 0 Å². The zero-order valence-corrected chi connectivity index (χ0v) is 13.3. The predicted octanol–water partition coefficient (Wildman–Crippen LogP) is 3.97. The van der Waals surface area contributed by atoms with Crippen LogP contribution in [0.5, 0.6) is 0 Å². The van der Waals surface area contributed by atoms with Gasteiger partial charge in [0.2, 0.25) is 5.91 Å². The second kappa shape index (κ2) is 6.73. The number of fused-ring (bicyclic) bond motifs is 1. The molecule has 0 fully saturated rings. The van der Waals surface area contributed by atoms with E-state index in [1.807, 2.05) is 54.4 Å². The monoisotopic (exact) mass is 310 g/mol. The van der Waals surface area contributed by atoms with Gasteiger partial charge in [0.1, 0.15) is 0 Å². The molecular weight excluding hydrogens is 292 g/mol. The summed E-state index contributed by atoms with van der Waals surface area (Å²) in [5.74, 6) is 0.00841. The van der Waals surface area contributed by atoms with Crippen LogP contribution >= 0.6 is 11.3 Å². The average molecular weight is 310 g/mol. The fourth-order valence-electron chi connectivity index (χ4n) is 2.52. The third-order valence-electron chi connectivity index (χ3n) is 3.51. The van der Waals surface area contributed by atoms with E-state index < -0.39 is 0 Å². The van der Waals surface area contributed by atoms with Crippen molar-refractivity contribution in [3.05, 3.63) is 64.9 Å². The highest BCUT2D eigenvalue weighted by molar-refractivity contribution is 7.07. The number of nitrogens with zero attached hydrogens (tertiary/aromatic N) is 1. The summed E-state index contributed by atoms with van der Waals surface area (Å²) in [6.45, 7) is 1.16. The molecule has 2 aromatic carbocycles. The van der Waals surface area contributed by atoms with Crippen LogP contribution in [-0.2, 0) is 11.3 Å². The molecule has 0 aliphatic rings. The number of carbonyl (C=O) groups excluding carboxylic acids is 1. The number of hydrogen-bond donors (Lipinski definition) is 1. The molecule has 22 heavy (non-hydrogen) atoms. The van der Waals surface area contributed by atoms with E-state index in [0.29, 0.717) is 6.54 Å². The highest BCUT2D eigenvalue weighted by Crippen LogP contribution is 2.22. The molecule has 1 aromatic heterocycles. The fourth-order valence-corrected chi connectivity index (χ4v) is 3.18. The van der Waals surface area contributed by atoms with Crippen LogP contribution in [0.1, 0.15) is 5.56 Å². The first kappa shape index (κ1) is 14.8. The lowest BCUT2D eigenvalue weighted by atomic mass is 10.1. The number of anilines is 1. The third kappa shape index (κ3) is 3.53. The number of rotatable bonds is 5. The Balaban J connectivity index is 1.65. The van der Waals surface area contributed by atoms with Gasteiger partial charge in [0.25, 0.3) is 0 Å². The molecule has 0 spiro atoms. The average Bonchev–Trinajstić information content (AvgIpc) is 3.00. The zero-order valence-electron chi connectivity index (χ0n) is 12.5. The fraction of sp³-hybridized carbons (Fsp3) is 0.167. The number of carbonyl (C=O) groups is 1. The summed E-state index contributed by atoms with van der Waals surface area (Å²) in [5, 5.41) is 9.38. The molecule has 0 saturated carbocycles. The van der Waals surface area contributed by atoms with Crippen LogP contribution in [0.25, 0.3) is 10.8 Å². The Bertz CT molecular complexity index is 762. The molecule has 3 nitrogen and oxygen atoms in total. The van der Waals surface area contributed by atoms with Gasteiger partial charge in [-0.2, -0.15) is 11.3 Å². The van der Waals surface area contributed by atoms with Crippen molar-refractivity contribution in [3.8, 4) is 0 Å². The molecule has 0 unspecified atom stereocenters. The largest absolute Gasteiger partial charge is 0.324 e. The van der Waals surface area contributed by atoms with Crippen molar-refractivity contribution < 1.29 is 4.79 Å². The molecule has 0 aliphatic carbocycles. The van der Waals surface area contributed by atoms with Gasteiger partial charge in [0, 0.05) is 17.6 Å². The molecule has 0 radical (unpaired) electrons. The van der Waals surface area contributed by atoms with Gasteiger partial charge in [-0.1, -0.05) is 36.4 Å². The lowest BCUT2D eigenvalue weighted by molar-refractivity contribution is -0.117. The maximum atomic E-state index is 12.2. The summed E-state index contributed by atoms with van der Waals surface area (Å²) in [5.41, 5.74) is 2.11. The van der Waals surface area contributed by atoms with Gasteiger partial charge in [0.05, 0.1) is 6.54 Å². The van der Waals surface area contributed by atoms with E-state index in [1.165, 1.54) is 5.56 Å². The van der Waals surface area contributed by atoms with Crippen molar-refractivity contribution in [1.82, 2.24) is 4.90 Å². The summed E-state index contributed by atoms with van der Waals surface area (Å²) in [7, 11) is 1.96. The van der Waals surface area contributed by atoms with Gasteiger partial charge in [-0.15, -0.1) is 0 Å². The first-order valence-corrected chi connectivity index (χ1v) is 8.14. The number of likely N-dealkylation sites (N-methyl/N-ethyl adjacent to an activating group) is 1. The summed E-state index contributed by atoms with van der Waals surface area (Å²) in [6.07, 6.45) is 0. The highest BCUT2D eigenvalue weighted by Gasteiger charge is 2.09. The lowest BCUT2D eigenvalue weighted by Gasteiger charge is -2.16. The molecule has 0 atom stereocenters. The van der Waals surface area contributed by atoms with Gasteiger partial charge in [0.15, 0.2) is 0 Å². The van der Waals surface area contributed by atoms with Crippen LogP contribution in [0.3, 0.4) is 0 Å². The van der Waals surface area contributed by atoms with E-state index in [9.17, 15) is 4.79 Å². The van der Waals surface area contributed by atoms with Gasteiger partial charge in [-0.25, -0.2) is 0 Å². The second-order valence-electron chi connectivity index (χ2n) is 5.38. The van der Waals surface area contributed by atoms with Crippen LogP contribution in [-0.4, -0.2) is 24.4 Å². The number of hydrogen-bond acceptors (Lipinski definition) is 3. The molecule has 0 bridgehead atoms. The Morgan fingerprint density at radius 3 is 2.77 bits per heavy atom. The van der Waals surface area contributed by atoms with Crippen molar-refractivity contribution in [2.45, 2.75) is 6.54 Å². The Hall–Kier alpha value is -2.17. The van der Waals surface area contributed by atoms with Crippen LogP contribution in [0, 0.1) is 0 Å². The van der Waals surface area contributed by atoms with E-state index in [-0.39, 0.29) is 5.91 Å². The minimum atomic E-state index is 0.00841. The minimum absolute atomic E-state index is 0.00841. The highest BCUT2D eigenvalue weighted by atomic mass is 32.1. The van der Waals surface area contributed by atoms with E-state index in [1.54, 1.807) is 11.3 Å². The second-order valence-corrected chi connectivity index (χ2v) is 6.16. The van der Waals surface area contributed by atoms with Gasteiger partial charge in [-0.3, -0.25) is 9.69 Å². The SMILES string of the molecule is CN(CC(=O)Nc1cccc2ccccc12)Cc1ccsc1. The molecule has 112 valence electrons. The maximum Gasteiger partial charge on any atom is 0.238 e. The summed E-state index contributed by atoms with van der Waals surface area (Å²) >= 11 is 1.68. The molecule has 1 amide bonds. The summed E-state index contributed by atoms with van der Waals surface area (Å²) in [6, 6.07) is 16.1. The Morgan fingerprint density at radius 2 is 1.95 bits per heavy atom. The number of nitrogens with one attached hydrogen (secondary N) is 1. The molecule has 3 aromatic rings. The summed E-state index contributed by atoms with van der Waals surface area (Å²) < 4.78 is 0. The zero-order chi connectivity index (χ0) is 15.4. The number of amides is 1. The van der Waals surface area contributed by atoms with Crippen LogP contribution in [0.15, 0.2) is 59.3 Å². The van der Waals surface area contributed by atoms with Gasteiger partial charge < -0.3 is 5.32 Å². The molecule has 0 saturated heterocycles. The quantitative estimate of drug-likeness (QED) is 0.773. The maximum absolute atomic E-state index is 12.2. The van der Waals surface area contributed by atoms with E-state index >= 15 is 0 Å². The topological polar surface area (TPSA) is 32.3 Å². The van der Waals surface area contributed by atoms with Crippen molar-refractivity contribution in [2.75, 3.05) is 18.9 Å². The normalized spacial score (nSPS) is 11.0. The Kier molecular flexibility index (Phi) is 4.51. The van der Waals surface area contributed by atoms with E-state index in [0.717, 1.165) is 23.0 Å². The van der Waals surface area contributed by atoms with Crippen molar-refractivity contribution in [1.29, 1.82) is 0 Å². The Morgan fingerprint density at radius 1 is 1.14 bits per heavy atom. The number of benzene rings is 2. The van der Waals surface area contributed by atoms with Gasteiger partial charge in [-0.05, 0) is 40.9 Å². The first-order chi connectivity index (χ1) is 10.7. The molecule has 3 rings (SSSR count). The Labute approximate surface area is 134 Å². The number of thiophene rings is 1. The molecule has 4 heteroatoms. The smallest absolute Gasteiger partial charge is 0.238 e. The van der Waals surface area contributed by atoms with Gasteiger partial charge >= 0.3 is 0 Å². The van der Waals surface area contributed by atoms with E-state index in [2.05, 4.69) is 22.1 Å². The first-order valence-electron chi connectivity index (χ1n) is 7.19. The van der Waals surface area contributed by atoms with Crippen molar-refractivity contribution in [3.63, 3.8) is 0 Å². The van der Waals surface area contributed by atoms with Crippen molar-refractivity contribution >= 4 is 33.7 Å². The predicted molar refractivity (Wildman–Crippen MR) is 93.2 cm³/mol.